The highest BCUT2D eigenvalue weighted by Crippen LogP contribution is 2.39. The lowest BCUT2D eigenvalue weighted by atomic mass is 10.5. The standard InChI is InChI=1S/C15H12N3OP/c19-20(13-7-1-4-10-16-13,14-8-2-5-11-17-14)15-9-3-6-12-18-15/h1-12H. The lowest BCUT2D eigenvalue weighted by molar-refractivity contribution is 0.591. The highest BCUT2D eigenvalue weighted by atomic mass is 31.2. The molecule has 0 aliphatic carbocycles. The number of hydrogen-bond donors (Lipinski definition) is 0. The minimum atomic E-state index is -3.11. The van der Waals surface area contributed by atoms with E-state index in [0.717, 1.165) is 0 Å². The molecule has 0 N–H and O–H groups in total. The zero-order valence-corrected chi connectivity index (χ0v) is 11.5. The molecule has 0 amide bonds. The van der Waals surface area contributed by atoms with Gasteiger partial charge >= 0.3 is 0 Å². The molecule has 5 heteroatoms. The molecule has 3 aromatic rings. The summed E-state index contributed by atoms with van der Waals surface area (Å²) in [6.45, 7) is 0. The van der Waals surface area contributed by atoms with Crippen molar-refractivity contribution in [1.82, 2.24) is 15.0 Å². The number of aromatic nitrogens is 3. The van der Waals surface area contributed by atoms with Crippen molar-refractivity contribution in [3.05, 3.63) is 73.2 Å². The van der Waals surface area contributed by atoms with Crippen molar-refractivity contribution in [3.8, 4) is 0 Å². The second kappa shape index (κ2) is 5.35. The third-order valence-corrected chi connectivity index (χ3v) is 5.65. The Hall–Kier alpha value is -2.32. The van der Waals surface area contributed by atoms with Crippen molar-refractivity contribution in [2.45, 2.75) is 0 Å². The van der Waals surface area contributed by atoms with Gasteiger partial charge in [0.15, 0.2) is 0 Å². The van der Waals surface area contributed by atoms with Crippen LogP contribution in [0, 0.1) is 0 Å². The fourth-order valence-electron chi connectivity index (χ4n) is 1.97. The Bertz CT molecular complexity index is 629. The lowest BCUT2D eigenvalue weighted by Crippen LogP contribution is -2.29. The predicted molar refractivity (Wildman–Crippen MR) is 79.2 cm³/mol. The van der Waals surface area contributed by atoms with Gasteiger partial charge in [-0.2, -0.15) is 0 Å². The van der Waals surface area contributed by atoms with Gasteiger partial charge in [0, 0.05) is 18.6 Å². The van der Waals surface area contributed by atoms with E-state index in [1.54, 1.807) is 55.0 Å². The van der Waals surface area contributed by atoms with Crippen LogP contribution in [-0.4, -0.2) is 15.0 Å². The summed E-state index contributed by atoms with van der Waals surface area (Å²) < 4.78 is 13.6. The number of rotatable bonds is 3. The molecule has 0 aromatic carbocycles. The molecule has 0 bridgehead atoms. The van der Waals surface area contributed by atoms with Crippen LogP contribution >= 0.6 is 7.14 Å². The summed E-state index contributed by atoms with van der Waals surface area (Å²) in [4.78, 5) is 12.8. The summed E-state index contributed by atoms with van der Waals surface area (Å²) in [6.07, 6.45) is 4.90. The van der Waals surface area contributed by atoms with E-state index < -0.39 is 7.14 Å². The van der Waals surface area contributed by atoms with E-state index in [9.17, 15) is 4.57 Å². The summed E-state index contributed by atoms with van der Waals surface area (Å²) in [5.74, 6) is 0. The zero-order chi connectivity index (χ0) is 13.8. The van der Waals surface area contributed by atoms with Crippen molar-refractivity contribution in [1.29, 1.82) is 0 Å². The number of hydrogen-bond acceptors (Lipinski definition) is 4. The lowest BCUT2D eigenvalue weighted by Gasteiger charge is -2.16. The highest BCUT2D eigenvalue weighted by molar-refractivity contribution is 7.84. The van der Waals surface area contributed by atoms with E-state index in [1.165, 1.54) is 0 Å². The molecule has 98 valence electrons. The average molecular weight is 281 g/mol. The van der Waals surface area contributed by atoms with E-state index in [4.69, 9.17) is 0 Å². The monoisotopic (exact) mass is 281 g/mol. The smallest absolute Gasteiger partial charge is 0.223 e. The van der Waals surface area contributed by atoms with Gasteiger partial charge in [0.05, 0.1) is 0 Å². The maximum atomic E-state index is 13.6. The molecular weight excluding hydrogens is 269 g/mol. The Morgan fingerprint density at radius 2 is 0.950 bits per heavy atom. The van der Waals surface area contributed by atoms with Gasteiger partial charge in [-0.1, -0.05) is 18.2 Å². The minimum Gasteiger partial charge on any atom is -0.304 e. The maximum Gasteiger partial charge on any atom is 0.223 e. The van der Waals surface area contributed by atoms with Crippen LogP contribution in [-0.2, 0) is 4.57 Å². The highest BCUT2D eigenvalue weighted by Gasteiger charge is 2.33. The summed E-state index contributed by atoms with van der Waals surface area (Å²) in [5, 5.41) is 0. The summed E-state index contributed by atoms with van der Waals surface area (Å²) in [5.41, 5.74) is 1.49. The fourth-order valence-corrected chi connectivity index (χ4v) is 4.25. The van der Waals surface area contributed by atoms with Gasteiger partial charge < -0.3 is 4.57 Å². The molecule has 0 saturated carbocycles. The molecule has 3 heterocycles. The molecule has 20 heavy (non-hydrogen) atoms. The third kappa shape index (κ3) is 2.15. The topological polar surface area (TPSA) is 55.7 Å². The Balaban J connectivity index is 2.27. The van der Waals surface area contributed by atoms with Crippen LogP contribution in [0.5, 0.6) is 0 Å². The van der Waals surface area contributed by atoms with Gasteiger partial charge in [-0.05, 0) is 36.4 Å². The van der Waals surface area contributed by atoms with Crippen LogP contribution in [0.2, 0.25) is 0 Å². The Morgan fingerprint density at radius 3 is 1.20 bits per heavy atom. The molecule has 0 unspecified atom stereocenters. The Kier molecular flexibility index (Phi) is 3.40. The fraction of sp³-hybridized carbons (Fsp3) is 0. The average Bonchev–Trinajstić information content (AvgIpc) is 2.56. The third-order valence-electron chi connectivity index (χ3n) is 2.92. The summed E-state index contributed by atoms with van der Waals surface area (Å²) in [7, 11) is -3.11. The van der Waals surface area contributed by atoms with Gasteiger partial charge in [-0.3, -0.25) is 15.0 Å². The molecule has 0 atom stereocenters. The first-order chi connectivity index (χ1) is 9.82. The molecule has 0 aliphatic rings. The van der Waals surface area contributed by atoms with Crippen LogP contribution in [0.4, 0.5) is 0 Å². The van der Waals surface area contributed by atoms with Crippen LogP contribution in [0.3, 0.4) is 0 Å². The molecule has 0 saturated heterocycles. The van der Waals surface area contributed by atoms with Gasteiger partial charge in [-0.15, -0.1) is 0 Å². The maximum absolute atomic E-state index is 13.6. The van der Waals surface area contributed by atoms with Crippen LogP contribution in [0.1, 0.15) is 0 Å². The van der Waals surface area contributed by atoms with E-state index >= 15 is 0 Å². The Morgan fingerprint density at radius 1 is 0.600 bits per heavy atom. The summed E-state index contributed by atoms with van der Waals surface area (Å²) in [6, 6.07) is 16.1. The van der Waals surface area contributed by atoms with Gasteiger partial charge in [0.2, 0.25) is 7.14 Å². The van der Waals surface area contributed by atoms with E-state index in [0.29, 0.717) is 16.3 Å². The molecule has 0 spiro atoms. The minimum absolute atomic E-state index is 0.498. The zero-order valence-electron chi connectivity index (χ0n) is 10.6. The first kappa shape index (κ1) is 12.7. The largest absolute Gasteiger partial charge is 0.304 e. The molecule has 0 aliphatic heterocycles. The number of nitrogens with zero attached hydrogens (tertiary/aromatic N) is 3. The second-order valence-electron chi connectivity index (χ2n) is 4.17. The molecule has 0 fully saturated rings. The summed E-state index contributed by atoms with van der Waals surface area (Å²) >= 11 is 0. The Labute approximate surface area is 116 Å². The molecule has 3 rings (SSSR count). The van der Waals surface area contributed by atoms with E-state index in [2.05, 4.69) is 15.0 Å². The second-order valence-corrected chi connectivity index (χ2v) is 6.77. The normalized spacial score (nSPS) is 11.2. The molecular formula is C15H12N3OP. The quantitative estimate of drug-likeness (QED) is 0.683. The van der Waals surface area contributed by atoms with Gasteiger partial charge in [0.1, 0.15) is 16.3 Å². The van der Waals surface area contributed by atoms with Gasteiger partial charge in [0.25, 0.3) is 0 Å². The van der Waals surface area contributed by atoms with Crippen LogP contribution in [0.25, 0.3) is 0 Å². The SMILES string of the molecule is O=P(c1ccccn1)(c1ccccn1)c1ccccn1. The van der Waals surface area contributed by atoms with Crippen LogP contribution in [0.15, 0.2) is 73.2 Å². The molecule has 3 aromatic heterocycles. The van der Waals surface area contributed by atoms with Crippen molar-refractivity contribution >= 4 is 23.4 Å². The van der Waals surface area contributed by atoms with Crippen molar-refractivity contribution in [3.63, 3.8) is 0 Å². The van der Waals surface area contributed by atoms with Crippen molar-refractivity contribution < 1.29 is 4.57 Å². The van der Waals surface area contributed by atoms with Gasteiger partial charge in [-0.25, -0.2) is 0 Å². The number of pyridine rings is 3. The van der Waals surface area contributed by atoms with Crippen LogP contribution < -0.4 is 16.3 Å². The first-order valence-corrected chi connectivity index (χ1v) is 7.87. The van der Waals surface area contributed by atoms with Crippen molar-refractivity contribution in [2.24, 2.45) is 0 Å². The first-order valence-electron chi connectivity index (χ1n) is 6.16. The molecule has 4 nitrogen and oxygen atoms in total. The van der Waals surface area contributed by atoms with Crippen molar-refractivity contribution in [2.75, 3.05) is 0 Å². The molecule has 0 radical (unpaired) electrons. The van der Waals surface area contributed by atoms with E-state index in [-0.39, 0.29) is 0 Å². The predicted octanol–water partition coefficient (Wildman–Crippen LogP) is 1.51. The van der Waals surface area contributed by atoms with E-state index in [1.807, 2.05) is 18.2 Å².